The smallest absolute Gasteiger partial charge is 0.269 e. The van der Waals surface area contributed by atoms with Crippen LogP contribution < -0.4 is 10.6 Å². The molecule has 6 nitrogen and oxygen atoms in total. The van der Waals surface area contributed by atoms with E-state index < -0.39 is 6.10 Å². The maximum Gasteiger partial charge on any atom is 0.269 e. The Hall–Kier alpha value is -2.67. The molecule has 1 atom stereocenters. The zero-order chi connectivity index (χ0) is 17.2. The largest absolute Gasteiger partial charge is 0.382 e. The van der Waals surface area contributed by atoms with Crippen molar-refractivity contribution in [3.05, 3.63) is 52.9 Å². The summed E-state index contributed by atoms with van der Waals surface area (Å²) in [6.07, 6.45) is 1.77. The highest BCUT2D eigenvalue weighted by Crippen LogP contribution is 2.27. The van der Waals surface area contributed by atoms with Gasteiger partial charge in [-0.3, -0.25) is 9.59 Å². The van der Waals surface area contributed by atoms with Crippen LogP contribution in [0.25, 0.3) is 0 Å². The fraction of sp³-hybridized carbons (Fsp3) is 0.278. The van der Waals surface area contributed by atoms with Crippen molar-refractivity contribution in [3.63, 3.8) is 0 Å². The number of thiophene rings is 1. The molecule has 4 rings (SSSR count). The van der Waals surface area contributed by atoms with Gasteiger partial charge in [-0.1, -0.05) is 35.5 Å². The third kappa shape index (κ3) is 3.56. The third-order valence-electron chi connectivity index (χ3n) is 4.13. The molecule has 2 N–H and O–H groups in total. The van der Waals surface area contributed by atoms with Crippen molar-refractivity contribution in [1.82, 2.24) is 5.32 Å². The van der Waals surface area contributed by atoms with Crippen LogP contribution in [0.3, 0.4) is 0 Å². The highest BCUT2D eigenvalue weighted by atomic mass is 32.1. The Labute approximate surface area is 148 Å². The molecule has 0 spiro atoms. The summed E-state index contributed by atoms with van der Waals surface area (Å²) >= 11 is 1.32. The number of amides is 2. The molecule has 1 aliphatic carbocycles. The summed E-state index contributed by atoms with van der Waals surface area (Å²) in [5.41, 5.74) is 2.18. The van der Waals surface area contributed by atoms with Crippen LogP contribution in [0.2, 0.25) is 0 Å². The first kappa shape index (κ1) is 15.8. The van der Waals surface area contributed by atoms with Crippen molar-refractivity contribution in [2.24, 2.45) is 5.16 Å². The second-order valence-corrected chi connectivity index (χ2v) is 7.02. The van der Waals surface area contributed by atoms with E-state index in [-0.39, 0.29) is 17.9 Å². The fourth-order valence-electron chi connectivity index (χ4n) is 2.59. The maximum atomic E-state index is 12.5. The van der Waals surface area contributed by atoms with Gasteiger partial charge >= 0.3 is 0 Å². The maximum absolute atomic E-state index is 12.5. The number of hydrogen-bond donors (Lipinski definition) is 2. The van der Waals surface area contributed by atoms with Gasteiger partial charge in [-0.25, -0.2) is 0 Å². The number of benzene rings is 1. The first-order chi connectivity index (χ1) is 12.2. The molecular formula is C18H17N3O3S. The Morgan fingerprint density at radius 2 is 1.96 bits per heavy atom. The summed E-state index contributed by atoms with van der Waals surface area (Å²) in [7, 11) is 0. The van der Waals surface area contributed by atoms with Crippen molar-refractivity contribution in [3.8, 4) is 0 Å². The van der Waals surface area contributed by atoms with Crippen LogP contribution >= 0.6 is 11.3 Å². The minimum Gasteiger partial charge on any atom is -0.382 e. The lowest BCUT2D eigenvalue weighted by Gasteiger charge is -2.10. The Bertz CT molecular complexity index is 827. The van der Waals surface area contributed by atoms with Gasteiger partial charge in [0.1, 0.15) is 5.00 Å². The van der Waals surface area contributed by atoms with E-state index in [1.54, 1.807) is 11.4 Å². The molecule has 0 saturated heterocycles. The molecule has 1 saturated carbocycles. The zero-order valence-electron chi connectivity index (χ0n) is 13.4. The van der Waals surface area contributed by atoms with E-state index >= 15 is 0 Å². The van der Waals surface area contributed by atoms with Crippen LogP contribution in [0, 0.1) is 0 Å². The molecule has 7 heteroatoms. The van der Waals surface area contributed by atoms with Crippen molar-refractivity contribution >= 4 is 33.9 Å². The van der Waals surface area contributed by atoms with E-state index in [0.717, 1.165) is 24.1 Å². The topological polar surface area (TPSA) is 79.8 Å². The molecule has 2 aliphatic rings. The fourth-order valence-corrected chi connectivity index (χ4v) is 3.37. The summed E-state index contributed by atoms with van der Waals surface area (Å²) < 4.78 is 0. The monoisotopic (exact) mass is 355 g/mol. The number of carbonyl (C=O) groups is 2. The average molecular weight is 355 g/mol. The molecule has 2 heterocycles. The van der Waals surface area contributed by atoms with Crippen molar-refractivity contribution < 1.29 is 14.4 Å². The summed E-state index contributed by atoms with van der Waals surface area (Å²) in [5.74, 6) is -0.440. The van der Waals surface area contributed by atoms with Crippen LogP contribution in [0.4, 0.5) is 5.00 Å². The zero-order valence-corrected chi connectivity index (χ0v) is 14.2. The standard InChI is InChI=1S/C18H17N3O3S/c22-16(19-12-6-7-12)13-8-9-25-18(13)20-17(23)15-10-14(21-24-15)11-4-2-1-3-5-11/h1-5,8-9,12,15H,6-7,10H2,(H,19,22)(H,20,23). The number of oxime groups is 1. The minimum absolute atomic E-state index is 0.146. The Morgan fingerprint density at radius 1 is 1.16 bits per heavy atom. The lowest BCUT2D eigenvalue weighted by atomic mass is 10.0. The number of nitrogens with one attached hydrogen (secondary N) is 2. The van der Waals surface area contributed by atoms with Gasteiger partial charge in [-0.2, -0.15) is 0 Å². The quantitative estimate of drug-likeness (QED) is 0.865. The van der Waals surface area contributed by atoms with E-state index in [0.29, 0.717) is 17.0 Å². The number of nitrogens with zero attached hydrogens (tertiary/aromatic N) is 1. The van der Waals surface area contributed by atoms with Gasteiger partial charge in [-0.15, -0.1) is 11.3 Å². The van der Waals surface area contributed by atoms with E-state index in [1.165, 1.54) is 11.3 Å². The number of carbonyl (C=O) groups excluding carboxylic acids is 2. The lowest BCUT2D eigenvalue weighted by Crippen LogP contribution is -2.30. The highest BCUT2D eigenvalue weighted by molar-refractivity contribution is 7.14. The van der Waals surface area contributed by atoms with E-state index in [2.05, 4.69) is 15.8 Å². The van der Waals surface area contributed by atoms with Crippen LogP contribution in [-0.2, 0) is 9.63 Å². The van der Waals surface area contributed by atoms with E-state index in [4.69, 9.17) is 4.84 Å². The van der Waals surface area contributed by atoms with Gasteiger partial charge < -0.3 is 15.5 Å². The Morgan fingerprint density at radius 3 is 2.72 bits per heavy atom. The van der Waals surface area contributed by atoms with Gasteiger partial charge in [0.15, 0.2) is 0 Å². The number of rotatable bonds is 5. The molecule has 25 heavy (non-hydrogen) atoms. The number of hydrogen-bond acceptors (Lipinski definition) is 5. The number of anilines is 1. The Kier molecular flexibility index (Phi) is 4.23. The molecule has 1 fully saturated rings. The molecule has 0 bridgehead atoms. The molecule has 128 valence electrons. The van der Waals surface area contributed by atoms with Crippen molar-refractivity contribution in [2.45, 2.75) is 31.4 Å². The lowest BCUT2D eigenvalue weighted by molar-refractivity contribution is -0.125. The summed E-state index contributed by atoms with van der Waals surface area (Å²) in [5, 5.41) is 12.1. The van der Waals surface area contributed by atoms with Crippen LogP contribution in [0.15, 0.2) is 46.9 Å². The molecular weight excluding hydrogens is 338 g/mol. The van der Waals surface area contributed by atoms with Crippen LogP contribution in [0.1, 0.15) is 35.2 Å². The average Bonchev–Trinajstić information content (AvgIpc) is 3.13. The summed E-state index contributed by atoms with van der Waals surface area (Å²) in [6, 6.07) is 11.6. The third-order valence-corrected chi connectivity index (χ3v) is 4.96. The molecule has 2 aromatic rings. The van der Waals surface area contributed by atoms with Gasteiger partial charge in [-0.05, 0) is 29.9 Å². The predicted molar refractivity (Wildman–Crippen MR) is 95.9 cm³/mol. The summed E-state index contributed by atoms with van der Waals surface area (Å²) in [6.45, 7) is 0. The second kappa shape index (κ2) is 6.68. The van der Waals surface area contributed by atoms with E-state index in [1.807, 2.05) is 30.3 Å². The second-order valence-electron chi connectivity index (χ2n) is 6.10. The van der Waals surface area contributed by atoms with Crippen LogP contribution in [-0.4, -0.2) is 29.7 Å². The minimum atomic E-state index is -0.684. The summed E-state index contributed by atoms with van der Waals surface area (Å²) in [4.78, 5) is 30.0. The molecule has 1 aromatic heterocycles. The SMILES string of the molecule is O=C(NC1CC1)c1ccsc1NC(=O)C1CC(c2ccccc2)=NO1. The first-order valence-electron chi connectivity index (χ1n) is 8.18. The van der Waals surface area contributed by atoms with E-state index in [9.17, 15) is 9.59 Å². The first-order valence-corrected chi connectivity index (χ1v) is 9.06. The molecule has 0 radical (unpaired) electrons. The molecule has 2 amide bonds. The van der Waals surface area contributed by atoms with Gasteiger partial charge in [0.25, 0.3) is 11.8 Å². The van der Waals surface area contributed by atoms with Gasteiger partial charge in [0.2, 0.25) is 6.10 Å². The van der Waals surface area contributed by atoms with Crippen LogP contribution in [0.5, 0.6) is 0 Å². The molecule has 1 aliphatic heterocycles. The van der Waals surface area contributed by atoms with Gasteiger partial charge in [0.05, 0.1) is 11.3 Å². The Balaban J connectivity index is 1.39. The predicted octanol–water partition coefficient (Wildman–Crippen LogP) is 2.77. The van der Waals surface area contributed by atoms with Crippen molar-refractivity contribution in [1.29, 1.82) is 0 Å². The molecule has 1 unspecified atom stereocenters. The molecule has 1 aromatic carbocycles. The van der Waals surface area contributed by atoms with Gasteiger partial charge in [0, 0.05) is 12.5 Å². The highest BCUT2D eigenvalue weighted by Gasteiger charge is 2.30. The normalized spacial score (nSPS) is 19.0. The van der Waals surface area contributed by atoms with Crippen molar-refractivity contribution in [2.75, 3.05) is 5.32 Å².